The van der Waals surface area contributed by atoms with E-state index in [0.717, 1.165) is 17.4 Å². The number of nitrogens with two attached hydrogens (primary N) is 1. The lowest BCUT2D eigenvalue weighted by molar-refractivity contribution is 0.112. The molecule has 0 spiro atoms. The highest BCUT2D eigenvalue weighted by Crippen LogP contribution is 2.29. The minimum atomic E-state index is 0.0575. The molecule has 0 fully saturated rings. The lowest BCUT2D eigenvalue weighted by Crippen LogP contribution is -2.07. The molecule has 0 atom stereocenters. The van der Waals surface area contributed by atoms with Gasteiger partial charge >= 0.3 is 0 Å². The first-order chi connectivity index (χ1) is 10.6. The number of ether oxygens (including phenoxy) is 1. The van der Waals surface area contributed by atoms with Crippen LogP contribution >= 0.6 is 0 Å². The number of aldehydes is 1. The molecule has 2 heterocycles. The number of imidazole rings is 1. The van der Waals surface area contributed by atoms with Gasteiger partial charge in [-0.05, 0) is 44.2 Å². The summed E-state index contributed by atoms with van der Waals surface area (Å²) in [6.45, 7) is 3.90. The van der Waals surface area contributed by atoms with Crippen molar-refractivity contribution in [2.24, 2.45) is 0 Å². The topological polar surface area (TPSA) is 69.6 Å². The van der Waals surface area contributed by atoms with Crippen LogP contribution in [-0.4, -0.2) is 21.8 Å². The molecule has 0 unspecified atom stereocenters. The average Bonchev–Trinajstić information content (AvgIpc) is 2.88. The summed E-state index contributed by atoms with van der Waals surface area (Å²) in [6.07, 6.45) is 2.69. The summed E-state index contributed by atoms with van der Waals surface area (Å²) in [6, 6.07) is 11.2. The van der Waals surface area contributed by atoms with E-state index in [1.165, 1.54) is 0 Å². The molecule has 0 aliphatic rings. The van der Waals surface area contributed by atoms with E-state index in [4.69, 9.17) is 10.5 Å². The lowest BCUT2D eigenvalue weighted by Gasteiger charge is -2.12. The van der Waals surface area contributed by atoms with Crippen molar-refractivity contribution in [3.63, 3.8) is 0 Å². The molecule has 0 aliphatic heterocycles. The first-order valence-corrected chi connectivity index (χ1v) is 7.09. The van der Waals surface area contributed by atoms with Gasteiger partial charge in [0.2, 0.25) is 0 Å². The highest BCUT2D eigenvalue weighted by atomic mass is 16.5. The molecule has 2 aromatic heterocycles. The van der Waals surface area contributed by atoms with Gasteiger partial charge in [0, 0.05) is 11.8 Å². The first kappa shape index (κ1) is 14.1. The van der Waals surface area contributed by atoms with Crippen molar-refractivity contribution in [2.45, 2.75) is 20.0 Å². The van der Waals surface area contributed by atoms with E-state index in [2.05, 4.69) is 4.98 Å². The predicted molar refractivity (Wildman–Crippen MR) is 86.2 cm³/mol. The predicted octanol–water partition coefficient (Wildman–Crippen LogP) is 3.18. The largest absolute Gasteiger partial charge is 0.489 e. The van der Waals surface area contributed by atoms with Crippen molar-refractivity contribution in [3.8, 4) is 17.1 Å². The quantitative estimate of drug-likeness (QED) is 0.593. The zero-order chi connectivity index (χ0) is 15.7. The third-order valence-electron chi connectivity index (χ3n) is 3.32. The second-order valence-electron chi connectivity index (χ2n) is 5.31. The van der Waals surface area contributed by atoms with Crippen LogP contribution in [0.2, 0.25) is 0 Å². The summed E-state index contributed by atoms with van der Waals surface area (Å²) in [5, 5.41) is 0. The van der Waals surface area contributed by atoms with E-state index < -0.39 is 0 Å². The molecule has 0 saturated heterocycles. The summed E-state index contributed by atoms with van der Waals surface area (Å²) >= 11 is 0. The van der Waals surface area contributed by atoms with E-state index >= 15 is 0 Å². The zero-order valence-corrected chi connectivity index (χ0v) is 12.5. The van der Waals surface area contributed by atoms with Crippen LogP contribution in [0.1, 0.15) is 24.3 Å². The molecule has 0 saturated carbocycles. The first-order valence-electron chi connectivity index (χ1n) is 7.09. The van der Waals surface area contributed by atoms with Gasteiger partial charge in [0.25, 0.3) is 0 Å². The van der Waals surface area contributed by atoms with Crippen molar-refractivity contribution >= 4 is 17.5 Å². The van der Waals surface area contributed by atoms with E-state index in [0.29, 0.717) is 23.0 Å². The number of benzene rings is 1. The molecule has 0 bridgehead atoms. The summed E-state index contributed by atoms with van der Waals surface area (Å²) in [5.41, 5.74) is 8.63. The minimum Gasteiger partial charge on any atom is -0.489 e. The van der Waals surface area contributed by atoms with Crippen molar-refractivity contribution < 1.29 is 9.53 Å². The monoisotopic (exact) mass is 295 g/mol. The maximum absolute atomic E-state index is 11.2. The maximum Gasteiger partial charge on any atom is 0.170 e. The van der Waals surface area contributed by atoms with Gasteiger partial charge in [-0.15, -0.1) is 0 Å². The number of hydrogen-bond acceptors (Lipinski definition) is 4. The Hall–Kier alpha value is -2.82. The second-order valence-corrected chi connectivity index (χ2v) is 5.31. The van der Waals surface area contributed by atoms with E-state index in [1.54, 1.807) is 0 Å². The Labute approximate surface area is 128 Å². The molecule has 5 heteroatoms. The Balaban J connectivity index is 2.12. The van der Waals surface area contributed by atoms with Crippen molar-refractivity contribution in [2.75, 3.05) is 5.73 Å². The van der Waals surface area contributed by atoms with Crippen molar-refractivity contribution in [1.29, 1.82) is 0 Å². The number of anilines is 1. The molecule has 1 aromatic carbocycles. The molecule has 2 N–H and O–H groups in total. The van der Waals surface area contributed by atoms with E-state index in [-0.39, 0.29) is 6.10 Å². The SMILES string of the molecule is CC(C)Oc1ccc(-c2nc(C=O)c3ccccn23)cc1N. The number of carbonyl (C=O) groups is 1. The Morgan fingerprint density at radius 2 is 2.09 bits per heavy atom. The third kappa shape index (κ3) is 2.41. The number of hydrogen-bond donors (Lipinski definition) is 1. The van der Waals surface area contributed by atoms with Gasteiger partial charge in [0.05, 0.1) is 17.3 Å². The van der Waals surface area contributed by atoms with Gasteiger partial charge in [-0.25, -0.2) is 4.98 Å². The van der Waals surface area contributed by atoms with E-state index in [9.17, 15) is 4.79 Å². The maximum atomic E-state index is 11.2. The Kier molecular flexibility index (Phi) is 3.55. The Morgan fingerprint density at radius 3 is 2.77 bits per heavy atom. The highest BCUT2D eigenvalue weighted by Gasteiger charge is 2.13. The average molecular weight is 295 g/mol. The number of carbonyl (C=O) groups excluding carboxylic acids is 1. The highest BCUT2D eigenvalue weighted by molar-refractivity contribution is 5.86. The fourth-order valence-corrected chi connectivity index (χ4v) is 2.40. The number of pyridine rings is 1. The van der Waals surface area contributed by atoms with Crippen LogP contribution in [0.3, 0.4) is 0 Å². The van der Waals surface area contributed by atoms with Gasteiger partial charge in [-0.1, -0.05) is 6.07 Å². The van der Waals surface area contributed by atoms with Crippen LogP contribution in [0, 0.1) is 0 Å². The smallest absolute Gasteiger partial charge is 0.170 e. The molecule has 0 amide bonds. The minimum absolute atomic E-state index is 0.0575. The number of aromatic nitrogens is 2. The second kappa shape index (κ2) is 5.52. The van der Waals surface area contributed by atoms with Crippen LogP contribution in [0.25, 0.3) is 16.9 Å². The number of nitrogen functional groups attached to an aromatic ring is 1. The van der Waals surface area contributed by atoms with Crippen LogP contribution < -0.4 is 10.5 Å². The molecule has 0 aliphatic carbocycles. The van der Waals surface area contributed by atoms with Crippen LogP contribution in [0.15, 0.2) is 42.6 Å². The van der Waals surface area contributed by atoms with Gasteiger partial charge in [0.1, 0.15) is 17.3 Å². The number of nitrogens with zero attached hydrogens (tertiary/aromatic N) is 2. The third-order valence-corrected chi connectivity index (χ3v) is 3.32. The molecule has 0 radical (unpaired) electrons. The van der Waals surface area contributed by atoms with Gasteiger partial charge in [-0.3, -0.25) is 9.20 Å². The summed E-state index contributed by atoms with van der Waals surface area (Å²) in [7, 11) is 0. The fraction of sp³-hybridized carbons (Fsp3) is 0.176. The molecule has 3 rings (SSSR count). The summed E-state index contributed by atoms with van der Waals surface area (Å²) < 4.78 is 7.52. The van der Waals surface area contributed by atoms with Crippen LogP contribution in [0.5, 0.6) is 5.75 Å². The van der Waals surface area contributed by atoms with Gasteiger partial charge < -0.3 is 10.5 Å². The molecular formula is C17H17N3O2. The Bertz CT molecular complexity index is 837. The zero-order valence-electron chi connectivity index (χ0n) is 12.5. The van der Waals surface area contributed by atoms with Crippen molar-refractivity contribution in [3.05, 3.63) is 48.3 Å². The standard InChI is InChI=1S/C17H17N3O2/c1-11(2)22-16-7-6-12(9-13(16)18)17-19-14(10-21)15-5-3-4-8-20(15)17/h3-11H,18H2,1-2H3. The lowest BCUT2D eigenvalue weighted by atomic mass is 10.1. The van der Waals surface area contributed by atoms with Crippen LogP contribution in [-0.2, 0) is 0 Å². The summed E-state index contributed by atoms with van der Waals surface area (Å²) in [4.78, 5) is 15.6. The molecule has 3 aromatic rings. The van der Waals surface area contributed by atoms with Gasteiger partial charge in [0.15, 0.2) is 6.29 Å². The normalized spacial score (nSPS) is 11.0. The molecule has 22 heavy (non-hydrogen) atoms. The van der Waals surface area contributed by atoms with E-state index in [1.807, 2.05) is 60.8 Å². The molecule has 112 valence electrons. The summed E-state index contributed by atoms with van der Waals surface area (Å²) in [5.74, 6) is 1.33. The number of fused-ring (bicyclic) bond motifs is 1. The van der Waals surface area contributed by atoms with Crippen LogP contribution in [0.4, 0.5) is 5.69 Å². The Morgan fingerprint density at radius 1 is 1.27 bits per heavy atom. The molecule has 5 nitrogen and oxygen atoms in total. The van der Waals surface area contributed by atoms with Crippen molar-refractivity contribution in [1.82, 2.24) is 9.38 Å². The fourth-order valence-electron chi connectivity index (χ4n) is 2.40. The molecular weight excluding hydrogens is 278 g/mol. The van der Waals surface area contributed by atoms with Gasteiger partial charge in [-0.2, -0.15) is 0 Å². The number of rotatable bonds is 4.